The van der Waals surface area contributed by atoms with E-state index in [1.165, 1.54) is 10.6 Å². The summed E-state index contributed by atoms with van der Waals surface area (Å²) in [4.78, 5) is 21.2. The van der Waals surface area contributed by atoms with E-state index in [2.05, 4.69) is 20.6 Å². The topological polar surface area (TPSA) is 99.6 Å². The molecule has 168 valence electrons. The van der Waals surface area contributed by atoms with Gasteiger partial charge in [0.05, 0.1) is 41.9 Å². The van der Waals surface area contributed by atoms with Crippen molar-refractivity contribution in [2.24, 2.45) is 0 Å². The fourth-order valence-electron chi connectivity index (χ4n) is 3.73. The van der Waals surface area contributed by atoms with Gasteiger partial charge in [0.25, 0.3) is 5.91 Å². The molecule has 0 radical (unpaired) electrons. The highest BCUT2D eigenvalue weighted by atomic mass is 35.5. The molecule has 4 aromatic heterocycles. The van der Waals surface area contributed by atoms with Crippen LogP contribution in [0.4, 0.5) is 4.39 Å². The SMILES string of the molecule is N=C/C(=C\NCc1cn2c(F)c(C3CC3)ccc2n1)C(=O)NCc1ncn2ccc(Cl)cc12. The highest BCUT2D eigenvalue weighted by molar-refractivity contribution is 6.30. The summed E-state index contributed by atoms with van der Waals surface area (Å²) >= 11 is 6.05. The Morgan fingerprint density at radius 3 is 2.94 bits per heavy atom. The molecule has 0 aromatic carbocycles. The summed E-state index contributed by atoms with van der Waals surface area (Å²) in [5.41, 5.74) is 3.50. The maximum absolute atomic E-state index is 14.7. The van der Waals surface area contributed by atoms with Crippen LogP contribution in [-0.2, 0) is 17.9 Å². The molecule has 10 heteroatoms. The lowest BCUT2D eigenvalue weighted by molar-refractivity contribution is -0.117. The molecule has 1 aliphatic carbocycles. The second-order valence-corrected chi connectivity index (χ2v) is 8.39. The summed E-state index contributed by atoms with van der Waals surface area (Å²) in [5, 5.41) is 13.9. The molecule has 1 saturated carbocycles. The molecule has 1 fully saturated rings. The standard InChI is InChI=1S/C23H21ClFN7O/c24-16-5-6-31-13-29-19(20(31)7-16)11-28-23(33)15(8-26)9-27-10-17-12-32-21(30-17)4-3-18(22(32)25)14-1-2-14/h3-9,12-14,26-27H,1-2,10-11H2,(H,28,33)/b15-9+,26-8?. The zero-order chi connectivity index (χ0) is 22.9. The van der Waals surface area contributed by atoms with E-state index in [1.54, 1.807) is 36.9 Å². The molecule has 5 rings (SSSR count). The monoisotopic (exact) mass is 465 g/mol. The first-order valence-electron chi connectivity index (χ1n) is 10.5. The van der Waals surface area contributed by atoms with Crippen molar-refractivity contribution >= 4 is 34.9 Å². The number of nitrogens with zero attached hydrogens (tertiary/aromatic N) is 4. The van der Waals surface area contributed by atoms with Gasteiger partial charge in [0.15, 0.2) is 0 Å². The third-order valence-corrected chi connectivity index (χ3v) is 5.85. The number of carbonyl (C=O) groups excluding carboxylic acids is 1. The van der Waals surface area contributed by atoms with Crippen molar-refractivity contribution in [2.45, 2.75) is 31.8 Å². The second-order valence-electron chi connectivity index (χ2n) is 7.95. The van der Waals surface area contributed by atoms with Crippen molar-refractivity contribution in [3.8, 4) is 0 Å². The van der Waals surface area contributed by atoms with Gasteiger partial charge in [-0.15, -0.1) is 0 Å². The fraction of sp³-hybridized carbons (Fsp3) is 0.217. The van der Waals surface area contributed by atoms with Crippen LogP contribution in [-0.4, -0.2) is 30.9 Å². The lowest BCUT2D eigenvalue weighted by Crippen LogP contribution is -2.26. The van der Waals surface area contributed by atoms with E-state index in [9.17, 15) is 9.18 Å². The molecule has 0 spiro atoms. The smallest absolute Gasteiger partial charge is 0.254 e. The molecule has 0 atom stereocenters. The summed E-state index contributed by atoms with van der Waals surface area (Å²) in [6, 6.07) is 7.15. The van der Waals surface area contributed by atoms with Crippen molar-refractivity contribution in [1.82, 2.24) is 29.4 Å². The van der Waals surface area contributed by atoms with Crippen LogP contribution < -0.4 is 10.6 Å². The third kappa shape index (κ3) is 4.31. The number of rotatable bonds is 8. The van der Waals surface area contributed by atoms with Crippen LogP contribution in [0.1, 0.15) is 35.7 Å². The van der Waals surface area contributed by atoms with E-state index in [4.69, 9.17) is 17.0 Å². The number of carbonyl (C=O) groups is 1. The maximum Gasteiger partial charge on any atom is 0.254 e. The van der Waals surface area contributed by atoms with Gasteiger partial charge in [-0.2, -0.15) is 4.39 Å². The molecule has 1 amide bonds. The summed E-state index contributed by atoms with van der Waals surface area (Å²) in [6.45, 7) is 0.477. The van der Waals surface area contributed by atoms with E-state index in [0.29, 0.717) is 28.0 Å². The van der Waals surface area contributed by atoms with Crippen LogP contribution in [0, 0.1) is 11.4 Å². The number of hydrogen-bond donors (Lipinski definition) is 3. The fourth-order valence-corrected chi connectivity index (χ4v) is 3.89. The number of aromatic nitrogens is 4. The number of imidazole rings is 2. The van der Waals surface area contributed by atoms with Crippen LogP contribution in [0.3, 0.4) is 0 Å². The zero-order valence-corrected chi connectivity index (χ0v) is 18.3. The largest absolute Gasteiger partial charge is 0.384 e. The normalized spacial score (nSPS) is 14.1. The van der Waals surface area contributed by atoms with Crippen LogP contribution in [0.25, 0.3) is 11.2 Å². The molecule has 0 saturated heterocycles. The van der Waals surface area contributed by atoms with Gasteiger partial charge in [-0.25, -0.2) is 9.97 Å². The predicted octanol–water partition coefficient (Wildman–Crippen LogP) is 3.59. The number of pyridine rings is 2. The van der Waals surface area contributed by atoms with Crippen LogP contribution in [0.5, 0.6) is 0 Å². The number of halogens is 2. The van der Waals surface area contributed by atoms with Crippen molar-refractivity contribution in [1.29, 1.82) is 5.41 Å². The molecule has 0 bridgehead atoms. The van der Waals surface area contributed by atoms with Crippen LogP contribution in [0.15, 0.2) is 54.8 Å². The predicted molar refractivity (Wildman–Crippen MR) is 123 cm³/mol. The van der Waals surface area contributed by atoms with E-state index in [1.807, 2.05) is 10.5 Å². The molecule has 1 aliphatic rings. The molecule has 8 nitrogen and oxygen atoms in total. The molecule has 4 heterocycles. The molecule has 0 unspecified atom stereocenters. The quantitative estimate of drug-likeness (QED) is 0.210. The Balaban J connectivity index is 1.22. The van der Waals surface area contributed by atoms with Crippen molar-refractivity contribution in [3.05, 3.63) is 82.7 Å². The number of amides is 1. The molecular weight excluding hydrogens is 445 g/mol. The Morgan fingerprint density at radius 1 is 1.30 bits per heavy atom. The van der Waals surface area contributed by atoms with Crippen molar-refractivity contribution in [3.63, 3.8) is 0 Å². The van der Waals surface area contributed by atoms with Gasteiger partial charge in [0, 0.05) is 35.4 Å². The van der Waals surface area contributed by atoms with Gasteiger partial charge in [-0.1, -0.05) is 17.7 Å². The van der Waals surface area contributed by atoms with E-state index in [0.717, 1.165) is 30.1 Å². The number of hydrogen-bond acceptors (Lipinski definition) is 5. The first kappa shape index (κ1) is 21.1. The molecular formula is C23H21ClFN7O. The zero-order valence-electron chi connectivity index (χ0n) is 17.6. The van der Waals surface area contributed by atoms with Gasteiger partial charge in [0.2, 0.25) is 5.95 Å². The number of fused-ring (bicyclic) bond motifs is 2. The maximum atomic E-state index is 14.7. The van der Waals surface area contributed by atoms with Crippen LogP contribution >= 0.6 is 11.6 Å². The summed E-state index contributed by atoms with van der Waals surface area (Å²) < 4.78 is 18.0. The Hall–Kier alpha value is -3.72. The highest BCUT2D eigenvalue weighted by Crippen LogP contribution is 2.41. The van der Waals surface area contributed by atoms with E-state index >= 15 is 0 Å². The van der Waals surface area contributed by atoms with Gasteiger partial charge < -0.3 is 20.4 Å². The minimum absolute atomic E-state index is 0.141. The minimum Gasteiger partial charge on any atom is -0.384 e. The molecule has 4 aromatic rings. The first-order chi connectivity index (χ1) is 16.0. The molecule has 0 aliphatic heterocycles. The minimum atomic E-state index is -0.421. The van der Waals surface area contributed by atoms with Crippen molar-refractivity contribution < 1.29 is 9.18 Å². The third-order valence-electron chi connectivity index (χ3n) is 5.62. The van der Waals surface area contributed by atoms with E-state index in [-0.39, 0.29) is 24.6 Å². The van der Waals surface area contributed by atoms with Gasteiger partial charge in [-0.3, -0.25) is 9.20 Å². The Bertz CT molecular complexity index is 1400. The van der Waals surface area contributed by atoms with Gasteiger partial charge in [0.1, 0.15) is 5.65 Å². The molecule has 33 heavy (non-hydrogen) atoms. The van der Waals surface area contributed by atoms with Gasteiger partial charge >= 0.3 is 0 Å². The van der Waals surface area contributed by atoms with Gasteiger partial charge in [-0.05, 0) is 37.0 Å². The van der Waals surface area contributed by atoms with Crippen LogP contribution in [0.2, 0.25) is 5.02 Å². The molecule has 3 N–H and O–H groups in total. The average molecular weight is 466 g/mol. The summed E-state index contributed by atoms with van der Waals surface area (Å²) in [5.74, 6) is -0.375. The highest BCUT2D eigenvalue weighted by Gasteiger charge is 2.27. The number of nitrogens with one attached hydrogen (secondary N) is 3. The summed E-state index contributed by atoms with van der Waals surface area (Å²) in [6.07, 6.45) is 9.55. The lowest BCUT2D eigenvalue weighted by atomic mass is 10.2. The Labute approximate surface area is 193 Å². The second kappa shape index (κ2) is 8.67. The Morgan fingerprint density at radius 2 is 2.15 bits per heavy atom. The van der Waals surface area contributed by atoms with E-state index < -0.39 is 5.91 Å². The first-order valence-corrected chi connectivity index (χ1v) is 10.9. The Kier molecular flexibility index (Phi) is 5.55. The van der Waals surface area contributed by atoms with Crippen molar-refractivity contribution in [2.75, 3.05) is 0 Å². The summed E-state index contributed by atoms with van der Waals surface area (Å²) in [7, 11) is 0. The lowest BCUT2D eigenvalue weighted by Gasteiger charge is -2.05. The average Bonchev–Trinajstić information content (AvgIpc) is 3.43.